The van der Waals surface area contributed by atoms with Gasteiger partial charge in [0, 0.05) is 12.2 Å². The van der Waals surface area contributed by atoms with Gasteiger partial charge in [0.25, 0.3) is 5.91 Å². The first-order chi connectivity index (χ1) is 17.3. The Bertz CT molecular complexity index is 1090. The fraction of sp³-hybridized carbons (Fsp3) is 0.483. The maximum atomic E-state index is 13.9. The van der Waals surface area contributed by atoms with E-state index < -0.39 is 23.8 Å². The number of anilines is 1. The number of likely N-dealkylation sites (N-methyl/N-ethyl adjacent to an activating group) is 1. The van der Waals surface area contributed by atoms with E-state index in [9.17, 15) is 14.4 Å². The van der Waals surface area contributed by atoms with Crippen molar-refractivity contribution in [1.29, 1.82) is 0 Å². The first-order valence-corrected chi connectivity index (χ1v) is 12.6. The second-order valence-corrected chi connectivity index (χ2v) is 10.4. The maximum Gasteiger partial charge on any atom is 0.408 e. The molecule has 0 bridgehead atoms. The number of alkyl carbamates (subject to hydrolysis) is 1. The van der Waals surface area contributed by atoms with Crippen LogP contribution in [0.3, 0.4) is 0 Å². The van der Waals surface area contributed by atoms with E-state index in [2.05, 4.69) is 10.6 Å². The summed E-state index contributed by atoms with van der Waals surface area (Å²) in [5, 5.41) is 5.67. The zero-order chi connectivity index (χ0) is 27.9. The lowest BCUT2D eigenvalue weighted by Crippen LogP contribution is -2.54. The predicted molar refractivity (Wildman–Crippen MR) is 146 cm³/mol. The van der Waals surface area contributed by atoms with Gasteiger partial charge in [-0.25, -0.2) is 4.79 Å². The molecule has 202 valence electrons. The van der Waals surface area contributed by atoms with Crippen LogP contribution < -0.4 is 15.4 Å². The smallest absolute Gasteiger partial charge is 0.408 e. The van der Waals surface area contributed by atoms with Gasteiger partial charge in [0.15, 0.2) is 0 Å². The number of hydrogen-bond acceptors (Lipinski definition) is 5. The van der Waals surface area contributed by atoms with Gasteiger partial charge < -0.3 is 25.0 Å². The minimum atomic E-state index is -0.916. The zero-order valence-electron chi connectivity index (χ0n) is 23.5. The molecule has 2 aromatic carbocycles. The number of benzene rings is 2. The van der Waals surface area contributed by atoms with Crippen molar-refractivity contribution < 1.29 is 23.9 Å². The van der Waals surface area contributed by atoms with Crippen molar-refractivity contribution in [3.63, 3.8) is 0 Å². The number of aryl methyl sites for hydroxylation is 1. The van der Waals surface area contributed by atoms with Gasteiger partial charge in [0.1, 0.15) is 23.4 Å². The van der Waals surface area contributed by atoms with Gasteiger partial charge in [-0.3, -0.25) is 9.59 Å². The molecule has 0 spiro atoms. The van der Waals surface area contributed by atoms with Crippen molar-refractivity contribution in [3.05, 3.63) is 59.2 Å². The Hall–Kier alpha value is -3.55. The number of carbonyl (C=O) groups is 3. The molecular weight excluding hydrogens is 470 g/mol. The zero-order valence-corrected chi connectivity index (χ0v) is 23.5. The Morgan fingerprint density at radius 2 is 1.62 bits per heavy atom. The van der Waals surface area contributed by atoms with Crippen LogP contribution in [0.25, 0.3) is 0 Å². The molecule has 0 aromatic heterocycles. The number of nitrogens with one attached hydrogen (secondary N) is 2. The van der Waals surface area contributed by atoms with E-state index in [-0.39, 0.29) is 24.3 Å². The molecule has 0 heterocycles. The molecule has 0 saturated heterocycles. The van der Waals surface area contributed by atoms with Crippen LogP contribution >= 0.6 is 0 Å². The Morgan fingerprint density at radius 3 is 2.14 bits per heavy atom. The highest BCUT2D eigenvalue weighted by Gasteiger charge is 2.37. The van der Waals surface area contributed by atoms with Crippen LogP contribution in [0.15, 0.2) is 42.5 Å². The van der Waals surface area contributed by atoms with Gasteiger partial charge in [-0.2, -0.15) is 0 Å². The normalized spacial score (nSPS) is 12.9. The minimum absolute atomic E-state index is 0.238. The highest BCUT2D eigenvalue weighted by molar-refractivity contribution is 5.99. The summed E-state index contributed by atoms with van der Waals surface area (Å²) in [6, 6.07) is 10.9. The third-order valence-electron chi connectivity index (χ3n) is 6.09. The molecular formula is C29H41N3O5. The Kier molecular flexibility index (Phi) is 10.1. The fourth-order valence-electron chi connectivity index (χ4n) is 4.00. The van der Waals surface area contributed by atoms with Crippen molar-refractivity contribution in [2.45, 2.75) is 73.1 Å². The molecule has 2 atom stereocenters. The molecule has 8 nitrogen and oxygen atoms in total. The number of ether oxygens (including phenoxy) is 2. The average molecular weight is 512 g/mol. The summed E-state index contributed by atoms with van der Waals surface area (Å²) < 4.78 is 10.6. The Labute approximate surface area is 220 Å². The molecule has 3 amide bonds. The minimum Gasteiger partial charge on any atom is -0.497 e. The van der Waals surface area contributed by atoms with Crippen LogP contribution in [0, 0.1) is 19.8 Å². The lowest BCUT2D eigenvalue weighted by Gasteiger charge is -2.35. The van der Waals surface area contributed by atoms with E-state index in [0.717, 1.165) is 16.7 Å². The third-order valence-corrected chi connectivity index (χ3v) is 6.09. The summed E-state index contributed by atoms with van der Waals surface area (Å²) >= 11 is 0. The monoisotopic (exact) mass is 511 g/mol. The average Bonchev–Trinajstić information content (AvgIpc) is 2.81. The highest BCUT2D eigenvalue weighted by atomic mass is 16.6. The SMILES string of the molecule is CCN(C(=O)C(NC(=O)OC(C)(C)C)C(C)C)C(C(=O)Nc1ccc(OC)cc1)c1cccc(C)c1C. The number of rotatable bonds is 9. The summed E-state index contributed by atoms with van der Waals surface area (Å²) in [5.41, 5.74) is 2.52. The van der Waals surface area contributed by atoms with Gasteiger partial charge in [-0.1, -0.05) is 32.0 Å². The lowest BCUT2D eigenvalue weighted by atomic mass is 9.94. The third kappa shape index (κ3) is 7.97. The number of hydrogen-bond donors (Lipinski definition) is 2. The summed E-state index contributed by atoms with van der Waals surface area (Å²) in [6.07, 6.45) is -0.679. The first-order valence-electron chi connectivity index (χ1n) is 12.6. The van der Waals surface area contributed by atoms with Gasteiger partial charge in [-0.15, -0.1) is 0 Å². The second kappa shape index (κ2) is 12.6. The Balaban J connectivity index is 2.48. The second-order valence-electron chi connectivity index (χ2n) is 10.4. The number of carbonyl (C=O) groups excluding carboxylic acids is 3. The Morgan fingerprint density at radius 1 is 1.00 bits per heavy atom. The topological polar surface area (TPSA) is 97.0 Å². The molecule has 8 heteroatoms. The molecule has 37 heavy (non-hydrogen) atoms. The number of nitrogens with zero attached hydrogens (tertiary/aromatic N) is 1. The van der Waals surface area contributed by atoms with Crippen molar-refractivity contribution in [1.82, 2.24) is 10.2 Å². The number of methoxy groups -OCH3 is 1. The molecule has 0 aliphatic heterocycles. The van der Waals surface area contributed by atoms with E-state index in [4.69, 9.17) is 9.47 Å². The van der Waals surface area contributed by atoms with Crippen LogP contribution in [0.4, 0.5) is 10.5 Å². The van der Waals surface area contributed by atoms with Crippen molar-refractivity contribution in [2.24, 2.45) is 5.92 Å². The van der Waals surface area contributed by atoms with Crippen LogP contribution in [0.1, 0.15) is 64.3 Å². The summed E-state index contributed by atoms with van der Waals surface area (Å²) in [4.78, 5) is 41.8. The van der Waals surface area contributed by atoms with Gasteiger partial charge in [0.2, 0.25) is 5.91 Å². The molecule has 0 fully saturated rings. The van der Waals surface area contributed by atoms with Crippen LogP contribution in [-0.2, 0) is 14.3 Å². The van der Waals surface area contributed by atoms with Crippen molar-refractivity contribution in [3.8, 4) is 5.75 Å². The van der Waals surface area contributed by atoms with Crippen LogP contribution in [0.5, 0.6) is 5.75 Å². The number of amides is 3. The van der Waals surface area contributed by atoms with E-state index in [1.54, 1.807) is 52.1 Å². The van der Waals surface area contributed by atoms with E-state index in [1.807, 2.05) is 52.8 Å². The molecule has 0 aliphatic carbocycles. The largest absolute Gasteiger partial charge is 0.497 e. The summed E-state index contributed by atoms with van der Waals surface area (Å²) in [6.45, 7) is 15.0. The molecule has 2 aromatic rings. The van der Waals surface area contributed by atoms with E-state index in [0.29, 0.717) is 11.4 Å². The quantitative estimate of drug-likeness (QED) is 0.471. The van der Waals surface area contributed by atoms with E-state index >= 15 is 0 Å². The summed E-state index contributed by atoms with van der Waals surface area (Å²) in [5.74, 6) is -0.284. The highest BCUT2D eigenvalue weighted by Crippen LogP contribution is 2.29. The van der Waals surface area contributed by atoms with Gasteiger partial charge in [-0.05, 0) is 88.4 Å². The molecule has 0 saturated carbocycles. The standard InChI is InChI=1S/C29H41N3O5/c1-10-32(27(34)24(18(2)3)31-28(35)37-29(6,7)8)25(23-13-11-12-19(4)20(23)5)26(33)30-21-14-16-22(36-9)17-15-21/h11-18,24-25H,10H2,1-9H3,(H,30,33)(H,31,35). The van der Waals surface area contributed by atoms with Crippen molar-refractivity contribution >= 4 is 23.6 Å². The predicted octanol–water partition coefficient (Wildman–Crippen LogP) is 5.39. The first kappa shape index (κ1) is 29.7. The fourth-order valence-corrected chi connectivity index (χ4v) is 4.00. The lowest BCUT2D eigenvalue weighted by molar-refractivity contribution is -0.141. The molecule has 0 radical (unpaired) electrons. The van der Waals surface area contributed by atoms with Crippen molar-refractivity contribution in [2.75, 3.05) is 19.0 Å². The van der Waals surface area contributed by atoms with Crippen LogP contribution in [-0.4, -0.2) is 48.1 Å². The molecule has 0 aliphatic rings. The molecule has 2 rings (SSSR count). The molecule has 2 unspecified atom stereocenters. The molecule has 2 N–H and O–H groups in total. The van der Waals surface area contributed by atoms with Gasteiger partial charge >= 0.3 is 6.09 Å². The van der Waals surface area contributed by atoms with E-state index in [1.165, 1.54) is 4.90 Å². The van der Waals surface area contributed by atoms with Crippen LogP contribution in [0.2, 0.25) is 0 Å². The summed E-state index contributed by atoms with van der Waals surface area (Å²) in [7, 11) is 1.57. The van der Waals surface area contributed by atoms with Gasteiger partial charge in [0.05, 0.1) is 7.11 Å². The maximum absolute atomic E-state index is 13.9.